The molecular weight excluding hydrogens is 164 g/mol. The monoisotopic (exact) mass is 186 g/mol. The molecule has 0 aromatic carbocycles. The second-order valence-corrected chi connectivity index (χ2v) is 3.88. The van der Waals surface area contributed by atoms with Crippen molar-refractivity contribution in [1.29, 1.82) is 0 Å². The Bertz CT molecular complexity index is 141. The number of morpholine rings is 1. The van der Waals surface area contributed by atoms with Crippen LogP contribution in [-0.4, -0.2) is 49.8 Å². The van der Waals surface area contributed by atoms with Crippen molar-refractivity contribution >= 4 is 0 Å². The number of likely N-dealkylation sites (N-methyl/N-ethyl adjacent to an activating group) is 1. The van der Waals surface area contributed by atoms with E-state index in [1.807, 2.05) is 0 Å². The molecule has 1 aliphatic rings. The third-order valence-electron chi connectivity index (χ3n) is 2.57. The summed E-state index contributed by atoms with van der Waals surface area (Å²) in [5, 5.41) is 3.43. The second kappa shape index (κ2) is 5.58. The van der Waals surface area contributed by atoms with E-state index in [0.717, 1.165) is 32.8 Å². The van der Waals surface area contributed by atoms with Gasteiger partial charge in [-0.1, -0.05) is 6.92 Å². The summed E-state index contributed by atoms with van der Waals surface area (Å²) in [5.41, 5.74) is 0. The number of hydrogen-bond donors (Lipinski definition) is 1. The second-order valence-electron chi connectivity index (χ2n) is 3.88. The highest BCUT2D eigenvalue weighted by molar-refractivity contribution is 4.75. The van der Waals surface area contributed by atoms with Crippen LogP contribution in [0.4, 0.5) is 0 Å². The molecule has 0 aliphatic carbocycles. The molecule has 0 aromatic heterocycles. The van der Waals surface area contributed by atoms with Crippen molar-refractivity contribution in [2.45, 2.75) is 32.9 Å². The Balaban J connectivity index is 2.25. The first-order chi connectivity index (χ1) is 6.24. The van der Waals surface area contributed by atoms with Gasteiger partial charge >= 0.3 is 0 Å². The molecule has 1 aliphatic heterocycles. The minimum Gasteiger partial charge on any atom is -0.379 e. The Morgan fingerprint density at radius 1 is 1.62 bits per heavy atom. The van der Waals surface area contributed by atoms with E-state index in [4.69, 9.17) is 4.74 Å². The van der Waals surface area contributed by atoms with E-state index in [1.165, 1.54) is 0 Å². The van der Waals surface area contributed by atoms with Crippen molar-refractivity contribution in [2.24, 2.45) is 0 Å². The zero-order valence-corrected chi connectivity index (χ0v) is 9.05. The van der Waals surface area contributed by atoms with Gasteiger partial charge in [0.2, 0.25) is 0 Å². The standard InChI is InChI=1S/C10H22N2O/c1-4-11-9(2)7-12-5-6-13-8-10(12)3/h9-11H,4-8H2,1-3H3. The smallest absolute Gasteiger partial charge is 0.0619 e. The van der Waals surface area contributed by atoms with Crippen LogP contribution in [0.3, 0.4) is 0 Å². The third-order valence-corrected chi connectivity index (χ3v) is 2.57. The highest BCUT2D eigenvalue weighted by Crippen LogP contribution is 2.06. The highest BCUT2D eigenvalue weighted by atomic mass is 16.5. The number of rotatable bonds is 4. The first kappa shape index (κ1) is 11.0. The Kier molecular flexibility index (Phi) is 4.70. The molecule has 0 saturated carbocycles. The Hall–Kier alpha value is -0.120. The molecule has 13 heavy (non-hydrogen) atoms. The highest BCUT2D eigenvalue weighted by Gasteiger charge is 2.19. The van der Waals surface area contributed by atoms with E-state index >= 15 is 0 Å². The topological polar surface area (TPSA) is 24.5 Å². The van der Waals surface area contributed by atoms with Crippen LogP contribution < -0.4 is 5.32 Å². The Labute approximate surface area is 81.4 Å². The molecular formula is C10H22N2O. The van der Waals surface area contributed by atoms with E-state index < -0.39 is 0 Å². The Morgan fingerprint density at radius 2 is 2.38 bits per heavy atom. The average molecular weight is 186 g/mol. The molecule has 1 N–H and O–H groups in total. The van der Waals surface area contributed by atoms with Crippen LogP contribution in [0.2, 0.25) is 0 Å². The fourth-order valence-corrected chi connectivity index (χ4v) is 1.80. The lowest BCUT2D eigenvalue weighted by Gasteiger charge is -2.35. The van der Waals surface area contributed by atoms with Crippen LogP contribution in [-0.2, 0) is 4.74 Å². The van der Waals surface area contributed by atoms with Gasteiger partial charge in [0.1, 0.15) is 0 Å². The number of hydrogen-bond acceptors (Lipinski definition) is 3. The van der Waals surface area contributed by atoms with Gasteiger partial charge in [0.15, 0.2) is 0 Å². The molecule has 0 spiro atoms. The zero-order chi connectivity index (χ0) is 9.68. The summed E-state index contributed by atoms with van der Waals surface area (Å²) in [6.07, 6.45) is 0. The van der Waals surface area contributed by atoms with E-state index in [2.05, 4.69) is 31.0 Å². The lowest BCUT2D eigenvalue weighted by Crippen LogP contribution is -2.49. The maximum Gasteiger partial charge on any atom is 0.0619 e. The summed E-state index contributed by atoms with van der Waals surface area (Å²) in [5.74, 6) is 0. The van der Waals surface area contributed by atoms with Crippen LogP contribution >= 0.6 is 0 Å². The molecule has 3 heteroatoms. The van der Waals surface area contributed by atoms with Gasteiger partial charge in [-0.2, -0.15) is 0 Å². The van der Waals surface area contributed by atoms with Crippen LogP contribution in [0.5, 0.6) is 0 Å². The summed E-state index contributed by atoms with van der Waals surface area (Å²) >= 11 is 0. The molecule has 0 radical (unpaired) electrons. The van der Waals surface area contributed by atoms with Gasteiger partial charge in [-0.05, 0) is 20.4 Å². The van der Waals surface area contributed by atoms with E-state index in [-0.39, 0.29) is 0 Å². The zero-order valence-electron chi connectivity index (χ0n) is 9.05. The third kappa shape index (κ3) is 3.63. The lowest BCUT2D eigenvalue weighted by molar-refractivity contribution is -0.00345. The summed E-state index contributed by atoms with van der Waals surface area (Å²) in [4.78, 5) is 2.50. The van der Waals surface area contributed by atoms with E-state index in [0.29, 0.717) is 12.1 Å². The van der Waals surface area contributed by atoms with Crippen molar-refractivity contribution in [3.8, 4) is 0 Å². The molecule has 0 bridgehead atoms. The molecule has 78 valence electrons. The fraction of sp³-hybridized carbons (Fsp3) is 1.00. The predicted molar refractivity (Wildman–Crippen MR) is 55.0 cm³/mol. The fourth-order valence-electron chi connectivity index (χ4n) is 1.80. The minimum absolute atomic E-state index is 0.579. The first-order valence-corrected chi connectivity index (χ1v) is 5.29. The van der Waals surface area contributed by atoms with Gasteiger partial charge in [-0.3, -0.25) is 4.90 Å². The molecule has 1 saturated heterocycles. The Morgan fingerprint density at radius 3 is 3.00 bits per heavy atom. The quantitative estimate of drug-likeness (QED) is 0.699. The van der Waals surface area contributed by atoms with Crippen molar-refractivity contribution in [3.63, 3.8) is 0 Å². The van der Waals surface area contributed by atoms with E-state index in [9.17, 15) is 0 Å². The van der Waals surface area contributed by atoms with Gasteiger partial charge in [0, 0.05) is 25.2 Å². The molecule has 0 aromatic rings. The van der Waals surface area contributed by atoms with Crippen LogP contribution in [0.25, 0.3) is 0 Å². The lowest BCUT2D eigenvalue weighted by atomic mass is 10.2. The largest absolute Gasteiger partial charge is 0.379 e. The summed E-state index contributed by atoms with van der Waals surface area (Å²) < 4.78 is 5.39. The maximum atomic E-state index is 5.39. The molecule has 1 heterocycles. The first-order valence-electron chi connectivity index (χ1n) is 5.29. The molecule has 2 unspecified atom stereocenters. The van der Waals surface area contributed by atoms with Crippen molar-refractivity contribution in [2.75, 3.05) is 32.8 Å². The van der Waals surface area contributed by atoms with Gasteiger partial charge in [0.25, 0.3) is 0 Å². The summed E-state index contributed by atoms with van der Waals surface area (Å²) in [7, 11) is 0. The summed E-state index contributed by atoms with van der Waals surface area (Å²) in [6.45, 7) is 11.7. The molecule has 1 rings (SSSR count). The minimum atomic E-state index is 0.579. The molecule has 2 atom stereocenters. The maximum absolute atomic E-state index is 5.39. The van der Waals surface area contributed by atoms with Gasteiger partial charge < -0.3 is 10.1 Å². The van der Waals surface area contributed by atoms with Gasteiger partial charge in [-0.15, -0.1) is 0 Å². The number of nitrogens with zero attached hydrogens (tertiary/aromatic N) is 1. The van der Waals surface area contributed by atoms with Crippen molar-refractivity contribution in [3.05, 3.63) is 0 Å². The van der Waals surface area contributed by atoms with Gasteiger partial charge in [-0.25, -0.2) is 0 Å². The van der Waals surface area contributed by atoms with E-state index in [1.54, 1.807) is 0 Å². The van der Waals surface area contributed by atoms with Crippen LogP contribution in [0.1, 0.15) is 20.8 Å². The van der Waals surface area contributed by atoms with Crippen molar-refractivity contribution < 1.29 is 4.74 Å². The van der Waals surface area contributed by atoms with Gasteiger partial charge in [0.05, 0.1) is 13.2 Å². The van der Waals surface area contributed by atoms with Crippen LogP contribution in [0.15, 0.2) is 0 Å². The average Bonchev–Trinajstić information content (AvgIpc) is 2.09. The molecule has 3 nitrogen and oxygen atoms in total. The molecule has 0 amide bonds. The van der Waals surface area contributed by atoms with Crippen molar-refractivity contribution in [1.82, 2.24) is 10.2 Å². The number of nitrogens with one attached hydrogen (secondary N) is 1. The number of ether oxygens (including phenoxy) is 1. The molecule has 1 fully saturated rings. The van der Waals surface area contributed by atoms with Crippen LogP contribution in [0, 0.1) is 0 Å². The normalized spacial score (nSPS) is 27.5. The summed E-state index contributed by atoms with van der Waals surface area (Å²) in [6, 6.07) is 1.17. The predicted octanol–water partition coefficient (Wildman–Crippen LogP) is 0.705. The SMILES string of the molecule is CCNC(C)CN1CCOCC1C.